The summed E-state index contributed by atoms with van der Waals surface area (Å²) < 4.78 is 46.5. The van der Waals surface area contributed by atoms with Gasteiger partial charge in [-0.05, 0) is 30.3 Å². The first-order chi connectivity index (χ1) is 9.92. The second-order valence-electron chi connectivity index (χ2n) is 4.40. The summed E-state index contributed by atoms with van der Waals surface area (Å²) in [7, 11) is 0. The topological polar surface area (TPSA) is 30.5 Å². The molecule has 3 nitrogen and oxygen atoms in total. The molecule has 1 N–H and O–H groups in total. The molecule has 0 amide bonds. The minimum absolute atomic E-state index is 0.0281. The van der Waals surface area contributed by atoms with Gasteiger partial charge < -0.3 is 14.8 Å². The fourth-order valence-electron chi connectivity index (χ4n) is 1.57. The largest absolute Gasteiger partial charge is 0.493 e. The Kier molecular flexibility index (Phi) is 8.06. The Bertz CT molecular complexity index is 427. The number of hydrogen-bond donors (Lipinski definition) is 1. The minimum atomic E-state index is -4.27. The average Bonchev–Trinajstić information content (AvgIpc) is 2.41. The maximum atomic E-state index is 11.8. The molecule has 0 bridgehead atoms. The summed E-state index contributed by atoms with van der Waals surface area (Å²) in [6, 6.07) is 5.61. The van der Waals surface area contributed by atoms with Crippen molar-refractivity contribution in [2.75, 3.05) is 26.4 Å². The lowest BCUT2D eigenvalue weighted by atomic mass is 10.2. The van der Waals surface area contributed by atoms with E-state index in [1.807, 2.05) is 25.1 Å². The zero-order valence-corrected chi connectivity index (χ0v) is 13.4. The second-order valence-corrected chi connectivity index (χ2v) is 5.26. The van der Waals surface area contributed by atoms with Crippen LogP contribution in [0.1, 0.15) is 18.9 Å². The van der Waals surface area contributed by atoms with Gasteiger partial charge in [0.25, 0.3) is 0 Å². The normalized spacial score (nSPS) is 11.7. The highest BCUT2D eigenvalue weighted by molar-refractivity contribution is 9.10. The molecule has 7 heteroatoms. The third-order valence-corrected chi connectivity index (χ3v) is 3.32. The van der Waals surface area contributed by atoms with Crippen LogP contribution in [0.4, 0.5) is 13.2 Å². The van der Waals surface area contributed by atoms with Crippen LogP contribution in [0, 0.1) is 0 Å². The number of nitrogens with one attached hydrogen (secondary N) is 1. The smallest absolute Gasteiger partial charge is 0.411 e. The van der Waals surface area contributed by atoms with Crippen LogP contribution in [0.2, 0.25) is 0 Å². The van der Waals surface area contributed by atoms with Crippen LogP contribution < -0.4 is 10.1 Å². The van der Waals surface area contributed by atoms with Crippen LogP contribution in [-0.4, -0.2) is 32.5 Å². The Labute approximate surface area is 130 Å². The van der Waals surface area contributed by atoms with E-state index in [1.54, 1.807) is 0 Å². The zero-order chi connectivity index (χ0) is 15.7. The molecule has 120 valence electrons. The highest BCUT2D eigenvalue weighted by Gasteiger charge is 2.27. The van der Waals surface area contributed by atoms with Crippen LogP contribution in [0.5, 0.6) is 5.75 Å². The SMILES string of the molecule is CCNCc1cc(OCCCOCC(F)(F)F)ccc1Br. The van der Waals surface area contributed by atoms with Crippen LogP contribution >= 0.6 is 15.9 Å². The molecule has 0 aliphatic carbocycles. The van der Waals surface area contributed by atoms with Gasteiger partial charge in [0.2, 0.25) is 0 Å². The van der Waals surface area contributed by atoms with E-state index in [0.717, 1.165) is 23.1 Å². The van der Waals surface area contributed by atoms with E-state index in [2.05, 4.69) is 26.0 Å². The molecule has 0 aliphatic heterocycles. The maximum absolute atomic E-state index is 11.8. The van der Waals surface area contributed by atoms with Gasteiger partial charge in [-0.1, -0.05) is 22.9 Å². The molecule has 21 heavy (non-hydrogen) atoms. The fourth-order valence-corrected chi connectivity index (χ4v) is 1.96. The van der Waals surface area contributed by atoms with E-state index >= 15 is 0 Å². The maximum Gasteiger partial charge on any atom is 0.411 e. The molecule has 0 aromatic heterocycles. The molecule has 0 atom stereocenters. The number of rotatable bonds is 9. The summed E-state index contributed by atoms with van der Waals surface area (Å²) >= 11 is 3.46. The van der Waals surface area contributed by atoms with Gasteiger partial charge in [0.15, 0.2) is 0 Å². The Hall–Kier alpha value is -0.790. The quantitative estimate of drug-likeness (QED) is 0.669. The molecule has 0 unspecified atom stereocenters. The monoisotopic (exact) mass is 369 g/mol. The molecule has 0 saturated carbocycles. The highest BCUT2D eigenvalue weighted by atomic mass is 79.9. The van der Waals surface area contributed by atoms with Crippen molar-refractivity contribution in [2.24, 2.45) is 0 Å². The molecule has 0 saturated heterocycles. The first-order valence-electron chi connectivity index (χ1n) is 6.69. The van der Waals surface area contributed by atoms with Crippen molar-refractivity contribution in [3.05, 3.63) is 28.2 Å². The molecule has 1 aromatic carbocycles. The van der Waals surface area contributed by atoms with Crippen molar-refractivity contribution in [3.8, 4) is 5.75 Å². The van der Waals surface area contributed by atoms with Crippen molar-refractivity contribution in [2.45, 2.75) is 26.1 Å². The summed E-state index contributed by atoms with van der Waals surface area (Å²) in [6.07, 6.45) is -3.86. The van der Waals surface area contributed by atoms with E-state index in [-0.39, 0.29) is 6.61 Å². The predicted molar refractivity (Wildman–Crippen MR) is 78.5 cm³/mol. The van der Waals surface area contributed by atoms with E-state index in [1.165, 1.54) is 0 Å². The summed E-state index contributed by atoms with van der Waals surface area (Å²) in [5.74, 6) is 0.696. The van der Waals surface area contributed by atoms with Gasteiger partial charge in [-0.25, -0.2) is 0 Å². The Morgan fingerprint density at radius 3 is 2.67 bits per heavy atom. The average molecular weight is 370 g/mol. The van der Waals surface area contributed by atoms with Crippen LogP contribution in [0.3, 0.4) is 0 Å². The number of ether oxygens (including phenoxy) is 2. The lowest BCUT2D eigenvalue weighted by molar-refractivity contribution is -0.174. The molecule has 0 radical (unpaired) electrons. The summed E-state index contributed by atoms with van der Waals surface area (Å²) in [4.78, 5) is 0. The van der Waals surface area contributed by atoms with Gasteiger partial charge in [-0.15, -0.1) is 0 Å². The molecule has 0 fully saturated rings. The summed E-state index contributed by atoms with van der Waals surface area (Å²) in [5, 5.41) is 3.22. The van der Waals surface area contributed by atoms with Gasteiger partial charge in [-0.2, -0.15) is 13.2 Å². The molecule has 0 heterocycles. The van der Waals surface area contributed by atoms with E-state index in [4.69, 9.17) is 4.74 Å². The van der Waals surface area contributed by atoms with Crippen molar-refractivity contribution < 1.29 is 22.6 Å². The predicted octanol–water partition coefficient (Wildman–Crippen LogP) is 3.91. The summed E-state index contributed by atoms with van der Waals surface area (Å²) in [6.45, 7) is 2.75. The Morgan fingerprint density at radius 1 is 1.24 bits per heavy atom. The van der Waals surface area contributed by atoms with Gasteiger partial charge >= 0.3 is 6.18 Å². The van der Waals surface area contributed by atoms with Gasteiger partial charge in [-0.3, -0.25) is 0 Å². The fraction of sp³-hybridized carbons (Fsp3) is 0.571. The van der Waals surface area contributed by atoms with Gasteiger partial charge in [0.1, 0.15) is 12.4 Å². The third kappa shape index (κ3) is 8.28. The van der Waals surface area contributed by atoms with Crippen molar-refractivity contribution >= 4 is 15.9 Å². The van der Waals surface area contributed by atoms with Crippen LogP contribution in [-0.2, 0) is 11.3 Å². The number of hydrogen-bond acceptors (Lipinski definition) is 3. The van der Waals surface area contributed by atoms with Crippen LogP contribution in [0.15, 0.2) is 22.7 Å². The number of halogens is 4. The molecule has 1 rings (SSSR count). The van der Waals surface area contributed by atoms with Crippen LogP contribution in [0.25, 0.3) is 0 Å². The standard InChI is InChI=1S/C14H19BrF3NO2/c1-2-19-9-11-8-12(4-5-13(11)15)21-7-3-6-20-10-14(16,17)18/h4-5,8,19H,2-3,6-7,9-10H2,1H3. The molecule has 0 aliphatic rings. The third-order valence-electron chi connectivity index (χ3n) is 2.55. The van der Waals surface area contributed by atoms with Crippen molar-refractivity contribution in [3.63, 3.8) is 0 Å². The lowest BCUT2D eigenvalue weighted by Crippen LogP contribution is -2.18. The Balaban J connectivity index is 2.29. The number of alkyl halides is 3. The van der Waals surface area contributed by atoms with Crippen molar-refractivity contribution in [1.29, 1.82) is 0 Å². The zero-order valence-electron chi connectivity index (χ0n) is 11.8. The van der Waals surface area contributed by atoms with E-state index in [0.29, 0.717) is 18.8 Å². The minimum Gasteiger partial charge on any atom is -0.493 e. The van der Waals surface area contributed by atoms with E-state index < -0.39 is 12.8 Å². The van der Waals surface area contributed by atoms with Gasteiger partial charge in [0, 0.05) is 17.4 Å². The van der Waals surface area contributed by atoms with Crippen molar-refractivity contribution in [1.82, 2.24) is 5.32 Å². The highest BCUT2D eigenvalue weighted by Crippen LogP contribution is 2.22. The number of benzene rings is 1. The molecule has 1 aromatic rings. The Morgan fingerprint density at radius 2 is 2.00 bits per heavy atom. The molecular formula is C14H19BrF3NO2. The lowest BCUT2D eigenvalue weighted by Gasteiger charge is -2.11. The summed E-state index contributed by atoms with van der Waals surface area (Å²) in [5.41, 5.74) is 1.07. The molecular weight excluding hydrogens is 351 g/mol. The first-order valence-corrected chi connectivity index (χ1v) is 7.48. The van der Waals surface area contributed by atoms with E-state index in [9.17, 15) is 13.2 Å². The molecule has 0 spiro atoms. The second kappa shape index (κ2) is 9.27. The van der Waals surface area contributed by atoms with Gasteiger partial charge in [0.05, 0.1) is 13.2 Å². The first kappa shape index (κ1) is 18.3.